The minimum absolute atomic E-state index is 0.0411. The Kier molecular flexibility index (Phi) is 4.46. The Hall–Kier alpha value is -2.67. The van der Waals surface area contributed by atoms with Crippen molar-refractivity contribution < 1.29 is 9.60 Å². The first-order valence-corrected chi connectivity index (χ1v) is 6.18. The molecule has 2 aromatic rings. The van der Waals surface area contributed by atoms with E-state index in [0.717, 1.165) is 18.2 Å². The Balaban J connectivity index is 2.25. The predicted octanol–water partition coefficient (Wildman–Crippen LogP) is 2.99. The number of halogens is 1. The first-order valence-electron chi connectivity index (χ1n) is 6.18. The number of pyridine rings is 1. The molecule has 1 aromatic heterocycles. The zero-order valence-electron chi connectivity index (χ0n) is 11.0. The van der Waals surface area contributed by atoms with E-state index in [1.54, 1.807) is 0 Å². The van der Waals surface area contributed by atoms with E-state index < -0.39 is 5.82 Å². The summed E-state index contributed by atoms with van der Waals surface area (Å²) < 4.78 is 13.3. The third-order valence-corrected chi connectivity index (χ3v) is 2.75. The highest BCUT2D eigenvalue weighted by Crippen LogP contribution is 2.05. The van der Waals surface area contributed by atoms with E-state index in [0.29, 0.717) is 5.69 Å². The van der Waals surface area contributed by atoms with Gasteiger partial charge in [0.25, 0.3) is 0 Å². The van der Waals surface area contributed by atoms with Crippen molar-refractivity contribution in [3.8, 4) is 11.8 Å². The fourth-order valence-electron chi connectivity index (χ4n) is 1.63. The van der Waals surface area contributed by atoms with Crippen LogP contribution in [0.1, 0.15) is 29.4 Å². The molecule has 2 rings (SSSR count). The fourth-order valence-corrected chi connectivity index (χ4v) is 1.63. The topological polar surface area (TPSA) is 45.5 Å². The second kappa shape index (κ2) is 6.48. The van der Waals surface area contributed by atoms with Gasteiger partial charge in [-0.15, -0.1) is 0 Å². The summed E-state index contributed by atoms with van der Waals surface area (Å²) in [5.74, 6) is 5.26. The van der Waals surface area contributed by atoms with Gasteiger partial charge in [-0.05, 0) is 42.2 Å². The van der Waals surface area contributed by atoms with Crippen LogP contribution >= 0.6 is 0 Å². The van der Waals surface area contributed by atoms with Gasteiger partial charge >= 0.3 is 0 Å². The molecule has 0 amide bonds. The van der Waals surface area contributed by atoms with Gasteiger partial charge in [0.05, 0.1) is 6.21 Å². The van der Waals surface area contributed by atoms with Gasteiger partial charge in [0.2, 0.25) is 0 Å². The zero-order chi connectivity index (χ0) is 14.4. The molecule has 0 unspecified atom stereocenters. The maximum Gasteiger partial charge on any atom is 0.150 e. The average Bonchev–Trinajstić information content (AvgIpc) is 2.49. The maximum absolute atomic E-state index is 13.3. The molecule has 0 fully saturated rings. The van der Waals surface area contributed by atoms with E-state index in [1.165, 1.54) is 17.7 Å². The molecule has 0 bridgehead atoms. The predicted molar refractivity (Wildman–Crippen MR) is 75.4 cm³/mol. The molecular weight excluding hydrogens is 255 g/mol. The molecule has 0 saturated heterocycles. The summed E-state index contributed by atoms with van der Waals surface area (Å²) in [5, 5.41) is 11.2. The molecule has 20 heavy (non-hydrogen) atoms. The van der Waals surface area contributed by atoms with E-state index in [1.807, 2.05) is 24.3 Å². The lowest BCUT2D eigenvalue weighted by atomic mass is 10.1. The standard InChI is InChI=1S/C16H13FN2O/c1-2-12-3-5-13(6-4-12)7-8-14-9-10-15(17)16(19-14)11-18-20/h3-6,9-11,20H,2H2,1H3/b18-11-. The van der Waals surface area contributed by atoms with Crippen LogP contribution in [0.5, 0.6) is 0 Å². The Labute approximate surface area is 116 Å². The van der Waals surface area contributed by atoms with Crippen LogP contribution in [0.15, 0.2) is 41.6 Å². The molecule has 4 heteroatoms. The molecule has 1 aromatic carbocycles. The molecule has 0 radical (unpaired) electrons. The second-order valence-corrected chi connectivity index (χ2v) is 4.11. The van der Waals surface area contributed by atoms with Crippen LogP contribution in [-0.4, -0.2) is 16.4 Å². The summed E-state index contributed by atoms with van der Waals surface area (Å²) in [6.07, 6.45) is 1.92. The van der Waals surface area contributed by atoms with Crippen LogP contribution in [0.25, 0.3) is 0 Å². The minimum Gasteiger partial charge on any atom is -0.411 e. The Bertz CT molecular complexity index is 682. The number of hydrogen-bond donors (Lipinski definition) is 1. The molecule has 0 aliphatic heterocycles. The molecule has 0 saturated carbocycles. The number of aromatic nitrogens is 1. The van der Waals surface area contributed by atoms with Gasteiger partial charge in [0, 0.05) is 5.56 Å². The van der Waals surface area contributed by atoms with Gasteiger partial charge in [0.15, 0.2) is 5.82 Å². The lowest BCUT2D eigenvalue weighted by Crippen LogP contribution is -1.95. The molecule has 0 atom stereocenters. The van der Waals surface area contributed by atoms with Crippen LogP contribution in [-0.2, 0) is 6.42 Å². The highest BCUT2D eigenvalue weighted by atomic mass is 19.1. The summed E-state index contributed by atoms with van der Waals surface area (Å²) >= 11 is 0. The van der Waals surface area contributed by atoms with Gasteiger partial charge in [-0.1, -0.05) is 30.1 Å². The normalized spacial score (nSPS) is 10.3. The quantitative estimate of drug-likeness (QED) is 0.394. The van der Waals surface area contributed by atoms with Crippen molar-refractivity contribution in [2.24, 2.45) is 5.16 Å². The van der Waals surface area contributed by atoms with Gasteiger partial charge in [-0.3, -0.25) is 0 Å². The summed E-state index contributed by atoms with van der Waals surface area (Å²) in [6, 6.07) is 10.6. The van der Waals surface area contributed by atoms with Crippen molar-refractivity contribution in [2.75, 3.05) is 0 Å². The van der Waals surface area contributed by atoms with Crippen LogP contribution in [0.4, 0.5) is 4.39 Å². The SMILES string of the molecule is CCc1ccc(C#Cc2ccc(F)c(/C=N\O)n2)cc1. The van der Waals surface area contributed by atoms with Crippen molar-refractivity contribution in [2.45, 2.75) is 13.3 Å². The lowest BCUT2D eigenvalue weighted by Gasteiger charge is -1.96. The van der Waals surface area contributed by atoms with Crippen molar-refractivity contribution in [3.63, 3.8) is 0 Å². The van der Waals surface area contributed by atoms with Crippen LogP contribution in [0.3, 0.4) is 0 Å². The van der Waals surface area contributed by atoms with Crippen LogP contribution < -0.4 is 0 Å². The summed E-state index contributed by atoms with van der Waals surface area (Å²) in [4.78, 5) is 3.95. The van der Waals surface area contributed by atoms with E-state index in [2.05, 4.69) is 28.9 Å². The molecule has 100 valence electrons. The summed E-state index contributed by atoms with van der Waals surface area (Å²) in [7, 11) is 0. The van der Waals surface area contributed by atoms with E-state index in [9.17, 15) is 4.39 Å². The number of aryl methyl sites for hydroxylation is 1. The van der Waals surface area contributed by atoms with Gasteiger partial charge < -0.3 is 5.21 Å². The highest BCUT2D eigenvalue weighted by Gasteiger charge is 2.01. The van der Waals surface area contributed by atoms with Gasteiger partial charge in [0.1, 0.15) is 11.4 Å². The maximum atomic E-state index is 13.3. The van der Waals surface area contributed by atoms with Crippen LogP contribution in [0.2, 0.25) is 0 Å². The molecule has 1 N–H and O–H groups in total. The Morgan fingerprint density at radius 3 is 2.60 bits per heavy atom. The monoisotopic (exact) mass is 268 g/mol. The van der Waals surface area contributed by atoms with Crippen molar-refractivity contribution in [1.82, 2.24) is 4.98 Å². The fraction of sp³-hybridized carbons (Fsp3) is 0.125. The van der Waals surface area contributed by atoms with Crippen molar-refractivity contribution in [1.29, 1.82) is 0 Å². The molecule has 0 spiro atoms. The highest BCUT2D eigenvalue weighted by molar-refractivity contribution is 5.76. The third kappa shape index (κ3) is 3.42. The first kappa shape index (κ1) is 13.8. The first-order chi connectivity index (χ1) is 9.72. The number of benzene rings is 1. The molecule has 0 aliphatic rings. The minimum atomic E-state index is -0.555. The zero-order valence-corrected chi connectivity index (χ0v) is 11.0. The van der Waals surface area contributed by atoms with Crippen molar-refractivity contribution in [3.05, 3.63) is 64.7 Å². The van der Waals surface area contributed by atoms with Gasteiger partial charge in [-0.2, -0.15) is 0 Å². The van der Waals surface area contributed by atoms with E-state index >= 15 is 0 Å². The Morgan fingerprint density at radius 1 is 1.20 bits per heavy atom. The number of oxime groups is 1. The number of rotatable bonds is 2. The third-order valence-electron chi connectivity index (χ3n) is 2.75. The number of nitrogens with zero attached hydrogens (tertiary/aromatic N) is 2. The second-order valence-electron chi connectivity index (χ2n) is 4.11. The summed E-state index contributed by atoms with van der Waals surface area (Å²) in [5.41, 5.74) is 2.49. The molecule has 1 heterocycles. The van der Waals surface area contributed by atoms with Gasteiger partial charge in [-0.25, -0.2) is 9.37 Å². The average molecular weight is 268 g/mol. The molecular formula is C16H13FN2O. The Morgan fingerprint density at radius 2 is 1.95 bits per heavy atom. The number of hydrogen-bond acceptors (Lipinski definition) is 3. The largest absolute Gasteiger partial charge is 0.411 e. The van der Waals surface area contributed by atoms with Crippen LogP contribution in [0, 0.1) is 17.7 Å². The van der Waals surface area contributed by atoms with E-state index in [4.69, 9.17) is 5.21 Å². The smallest absolute Gasteiger partial charge is 0.150 e. The lowest BCUT2D eigenvalue weighted by molar-refractivity contribution is 0.321. The molecule has 0 aliphatic carbocycles. The molecule has 3 nitrogen and oxygen atoms in total. The summed E-state index contributed by atoms with van der Waals surface area (Å²) in [6.45, 7) is 2.09. The van der Waals surface area contributed by atoms with E-state index in [-0.39, 0.29) is 5.69 Å². The van der Waals surface area contributed by atoms with Crippen molar-refractivity contribution >= 4 is 6.21 Å².